The average Bonchev–Trinajstić information content (AvgIpc) is 2.99. The summed E-state index contributed by atoms with van der Waals surface area (Å²) in [5.74, 6) is 0.0922. The van der Waals surface area contributed by atoms with E-state index in [1.165, 1.54) is 13.0 Å². The Morgan fingerprint density at radius 3 is 2.61 bits per heavy atom. The molecule has 0 atom stereocenters. The molecule has 0 bridgehead atoms. The van der Waals surface area contributed by atoms with Gasteiger partial charge in [0.1, 0.15) is 0 Å². The van der Waals surface area contributed by atoms with Crippen molar-refractivity contribution in [2.75, 3.05) is 0 Å². The molecule has 0 aliphatic rings. The molecule has 0 saturated carbocycles. The predicted molar refractivity (Wildman–Crippen MR) is 85.0 cm³/mol. The van der Waals surface area contributed by atoms with Crippen LogP contribution in [0.2, 0.25) is 0 Å². The molecular weight excluding hydrogens is 300 g/mol. The first-order valence-electron chi connectivity index (χ1n) is 6.84. The van der Waals surface area contributed by atoms with E-state index in [1.54, 1.807) is 29.3 Å². The highest BCUT2D eigenvalue weighted by Crippen LogP contribution is 2.25. The number of hydrogen-bond acceptors (Lipinski definition) is 5. The van der Waals surface area contributed by atoms with Crippen LogP contribution in [0.1, 0.15) is 17.0 Å². The zero-order chi connectivity index (χ0) is 16.7. The maximum atomic E-state index is 11.9. The molecule has 8 heteroatoms. The van der Waals surface area contributed by atoms with E-state index in [9.17, 15) is 14.9 Å². The topological polar surface area (TPSA) is 96.1 Å². The number of hydrogen-bond donors (Lipinski definition) is 0. The van der Waals surface area contributed by atoms with Crippen LogP contribution < -0.4 is 5.69 Å². The summed E-state index contributed by atoms with van der Waals surface area (Å²) in [6.45, 7) is 1.52. The first-order valence-corrected chi connectivity index (χ1v) is 6.84. The predicted octanol–water partition coefficient (Wildman–Crippen LogP) is 2.25. The van der Waals surface area contributed by atoms with Gasteiger partial charge >= 0.3 is 11.4 Å². The minimum atomic E-state index is -0.518. The maximum absolute atomic E-state index is 11.9. The quantitative estimate of drug-likeness (QED) is 0.545. The van der Waals surface area contributed by atoms with Crippen LogP contribution in [0.3, 0.4) is 0 Å². The fourth-order valence-electron chi connectivity index (χ4n) is 2.51. The van der Waals surface area contributed by atoms with Gasteiger partial charge in [-0.2, -0.15) is 0 Å². The van der Waals surface area contributed by atoms with E-state index in [-0.39, 0.29) is 22.8 Å². The van der Waals surface area contributed by atoms with Gasteiger partial charge in [-0.15, -0.1) is 0 Å². The minimum Gasteiger partial charge on any atom is -0.349 e. The van der Waals surface area contributed by atoms with Gasteiger partial charge in [-0.3, -0.25) is 19.2 Å². The molecule has 8 nitrogen and oxygen atoms in total. The standard InChI is InChI=1S/C15H14N4O4/c1-9-14(19(21)22)13(23-16-9)7-5-10-4-6-11-12(8-10)18(3)15(20)17(11)2/h4-8H,1-3H3/b7-5-. The Balaban J connectivity index is 2.04. The Labute approximate surface area is 130 Å². The van der Waals surface area contributed by atoms with Crippen molar-refractivity contribution in [1.82, 2.24) is 14.3 Å². The lowest BCUT2D eigenvalue weighted by molar-refractivity contribution is -0.386. The number of aromatic nitrogens is 3. The number of rotatable bonds is 3. The van der Waals surface area contributed by atoms with Crippen LogP contribution in [0.4, 0.5) is 5.69 Å². The normalized spacial score (nSPS) is 11.6. The van der Waals surface area contributed by atoms with Crippen molar-refractivity contribution in [2.45, 2.75) is 6.92 Å². The van der Waals surface area contributed by atoms with Crippen molar-refractivity contribution in [1.29, 1.82) is 0 Å². The lowest BCUT2D eigenvalue weighted by Gasteiger charge is -1.97. The monoisotopic (exact) mass is 314 g/mol. The van der Waals surface area contributed by atoms with Crippen molar-refractivity contribution in [3.05, 3.63) is 55.8 Å². The van der Waals surface area contributed by atoms with Gasteiger partial charge in [-0.25, -0.2) is 4.79 Å². The second-order valence-electron chi connectivity index (χ2n) is 5.22. The van der Waals surface area contributed by atoms with E-state index < -0.39 is 4.92 Å². The van der Waals surface area contributed by atoms with E-state index in [0.29, 0.717) is 0 Å². The van der Waals surface area contributed by atoms with Gasteiger partial charge in [0.2, 0.25) is 5.76 Å². The summed E-state index contributed by atoms with van der Waals surface area (Å²) >= 11 is 0. The van der Waals surface area contributed by atoms with Gasteiger partial charge in [0.25, 0.3) is 0 Å². The maximum Gasteiger partial charge on any atom is 0.338 e. The molecular formula is C15H14N4O4. The van der Waals surface area contributed by atoms with Crippen molar-refractivity contribution in [2.24, 2.45) is 14.1 Å². The van der Waals surface area contributed by atoms with Gasteiger partial charge in [0, 0.05) is 14.1 Å². The number of aryl methyl sites for hydroxylation is 3. The molecule has 0 N–H and O–H groups in total. The van der Waals surface area contributed by atoms with Crippen molar-refractivity contribution >= 4 is 28.9 Å². The van der Waals surface area contributed by atoms with Gasteiger partial charge < -0.3 is 4.52 Å². The van der Waals surface area contributed by atoms with Crippen LogP contribution in [0.15, 0.2) is 27.5 Å². The molecule has 0 amide bonds. The highest BCUT2D eigenvalue weighted by molar-refractivity contribution is 5.81. The van der Waals surface area contributed by atoms with E-state index in [1.807, 2.05) is 18.2 Å². The summed E-state index contributed by atoms with van der Waals surface area (Å²) in [5.41, 5.74) is 2.37. The van der Waals surface area contributed by atoms with Crippen LogP contribution in [0, 0.1) is 17.0 Å². The number of benzene rings is 1. The highest BCUT2D eigenvalue weighted by Gasteiger charge is 2.21. The molecule has 2 heterocycles. The molecule has 0 aliphatic carbocycles. The molecule has 3 aromatic rings. The molecule has 0 spiro atoms. The zero-order valence-corrected chi connectivity index (χ0v) is 12.8. The van der Waals surface area contributed by atoms with E-state index in [0.717, 1.165) is 16.6 Å². The minimum absolute atomic E-state index is 0.0922. The molecule has 0 saturated heterocycles. The van der Waals surface area contributed by atoms with Crippen molar-refractivity contribution in [3.8, 4) is 0 Å². The molecule has 0 unspecified atom stereocenters. The summed E-state index contributed by atoms with van der Waals surface area (Å²) in [6, 6.07) is 5.49. The van der Waals surface area contributed by atoms with Crippen molar-refractivity contribution in [3.63, 3.8) is 0 Å². The molecule has 0 aliphatic heterocycles. The van der Waals surface area contributed by atoms with Gasteiger partial charge in [0.15, 0.2) is 5.69 Å². The van der Waals surface area contributed by atoms with E-state index in [2.05, 4.69) is 5.16 Å². The highest BCUT2D eigenvalue weighted by atomic mass is 16.6. The molecule has 23 heavy (non-hydrogen) atoms. The van der Waals surface area contributed by atoms with Crippen molar-refractivity contribution < 1.29 is 9.45 Å². The molecule has 3 rings (SSSR count). The fraction of sp³-hybridized carbons (Fsp3) is 0.200. The Morgan fingerprint density at radius 1 is 1.22 bits per heavy atom. The number of nitro groups is 1. The number of fused-ring (bicyclic) bond motifs is 1. The number of imidazole rings is 1. The summed E-state index contributed by atoms with van der Waals surface area (Å²) < 4.78 is 8.09. The molecule has 0 fully saturated rings. The summed E-state index contributed by atoms with van der Waals surface area (Å²) in [6.07, 6.45) is 3.18. The second-order valence-corrected chi connectivity index (χ2v) is 5.22. The van der Waals surface area contributed by atoms with Gasteiger partial charge in [0.05, 0.1) is 16.0 Å². The van der Waals surface area contributed by atoms with E-state index >= 15 is 0 Å². The van der Waals surface area contributed by atoms with E-state index in [4.69, 9.17) is 4.52 Å². The largest absolute Gasteiger partial charge is 0.349 e. The lowest BCUT2D eigenvalue weighted by Crippen LogP contribution is -2.19. The van der Waals surface area contributed by atoms with Crippen LogP contribution in [0.25, 0.3) is 23.2 Å². The van der Waals surface area contributed by atoms with Gasteiger partial charge in [-0.1, -0.05) is 17.3 Å². The average molecular weight is 314 g/mol. The fourth-order valence-corrected chi connectivity index (χ4v) is 2.51. The Kier molecular flexibility index (Phi) is 3.36. The summed E-state index contributed by atoms with van der Waals surface area (Å²) in [5, 5.41) is 14.6. The van der Waals surface area contributed by atoms with Crippen LogP contribution >= 0.6 is 0 Å². The van der Waals surface area contributed by atoms with Crippen LogP contribution in [-0.4, -0.2) is 19.2 Å². The SMILES string of the molecule is Cc1noc(/C=C\c2ccc3c(c2)n(C)c(=O)n3C)c1[N+](=O)[O-]. The molecule has 1 aromatic carbocycles. The first-order chi connectivity index (χ1) is 10.9. The van der Waals surface area contributed by atoms with Crippen LogP contribution in [-0.2, 0) is 14.1 Å². The molecule has 2 aromatic heterocycles. The van der Waals surface area contributed by atoms with Gasteiger partial charge in [-0.05, 0) is 30.7 Å². The van der Waals surface area contributed by atoms with Crippen LogP contribution in [0.5, 0.6) is 0 Å². The summed E-state index contributed by atoms with van der Waals surface area (Å²) in [7, 11) is 3.41. The molecule has 118 valence electrons. The Bertz CT molecular complexity index is 1010. The third-order valence-corrected chi connectivity index (χ3v) is 3.76. The Morgan fingerprint density at radius 2 is 1.91 bits per heavy atom. The second kappa shape index (κ2) is 5.24. The third kappa shape index (κ3) is 2.33. The zero-order valence-electron chi connectivity index (χ0n) is 12.8. The Hall–Kier alpha value is -3.16. The molecule has 0 radical (unpaired) electrons. The summed E-state index contributed by atoms with van der Waals surface area (Å²) in [4.78, 5) is 22.4. The smallest absolute Gasteiger partial charge is 0.338 e. The lowest BCUT2D eigenvalue weighted by atomic mass is 10.1. The number of nitrogens with zero attached hydrogens (tertiary/aromatic N) is 4. The first kappa shape index (κ1) is 14.8. The third-order valence-electron chi connectivity index (χ3n) is 3.76.